The van der Waals surface area contributed by atoms with Gasteiger partial charge in [-0.15, -0.1) is 0 Å². The first-order chi connectivity index (χ1) is 18.3. The normalized spacial score (nSPS) is 28.3. The lowest BCUT2D eigenvalue weighted by molar-refractivity contribution is -0.127. The molecule has 0 saturated carbocycles. The number of allylic oxidation sites excluding steroid dienone is 4. The number of aryl methyl sites for hydroxylation is 2. The zero-order valence-corrected chi connectivity index (χ0v) is 24.7. The van der Waals surface area contributed by atoms with Gasteiger partial charge in [0.25, 0.3) is 0 Å². The van der Waals surface area contributed by atoms with E-state index in [1.165, 1.54) is 58.7 Å². The second-order valence-electron chi connectivity index (χ2n) is 13.0. The van der Waals surface area contributed by atoms with Gasteiger partial charge in [-0.05, 0) is 109 Å². The number of aliphatic hydroxyl groups is 1. The van der Waals surface area contributed by atoms with Crippen LogP contribution in [0.4, 0.5) is 0 Å². The van der Waals surface area contributed by atoms with Crippen LogP contribution in [0, 0.1) is 23.2 Å². The first-order valence-corrected chi connectivity index (χ1v) is 14.4. The summed E-state index contributed by atoms with van der Waals surface area (Å²) in [7, 11) is 0. The predicted molar refractivity (Wildman–Crippen MR) is 160 cm³/mol. The van der Waals surface area contributed by atoms with Crippen LogP contribution in [0.15, 0.2) is 65.5 Å². The molecule has 0 saturated heterocycles. The maximum absolute atomic E-state index is 13.2. The van der Waals surface area contributed by atoms with Gasteiger partial charge in [0.05, 0.1) is 11.0 Å². The summed E-state index contributed by atoms with van der Waals surface area (Å²) in [4.78, 5) is 25.6. The molecule has 3 aliphatic carbocycles. The van der Waals surface area contributed by atoms with Crippen LogP contribution < -0.4 is 0 Å². The van der Waals surface area contributed by atoms with Crippen LogP contribution >= 0.6 is 0 Å². The molecule has 0 aromatic heterocycles. The molecule has 0 radical (unpaired) electrons. The average molecular weight is 523 g/mol. The zero-order valence-electron chi connectivity index (χ0n) is 24.7. The van der Waals surface area contributed by atoms with Crippen LogP contribution in [0.3, 0.4) is 0 Å². The molecule has 0 bridgehead atoms. The number of carbonyl (C=O) groups is 2. The van der Waals surface area contributed by atoms with E-state index in [-0.39, 0.29) is 34.7 Å². The molecule has 0 amide bonds. The molecule has 3 aliphatic rings. The number of ketones is 2. The maximum atomic E-state index is 13.2. The van der Waals surface area contributed by atoms with Crippen molar-refractivity contribution in [1.82, 2.24) is 0 Å². The Kier molecular flexibility index (Phi) is 6.44. The van der Waals surface area contributed by atoms with Crippen LogP contribution in [0.2, 0.25) is 0 Å². The SMILES string of the molecule is C=C1C2=C(C)[C@@]3(C)C(O)=C(C(C)=O)C(=O)C[C@@]3(C)C[C@@]2(C)Cc2c(-c3cccc(CCCC)c3)ccc(C)c21. The number of fused-ring (bicyclic) bond motifs is 3. The minimum absolute atomic E-state index is 0.0261. The van der Waals surface area contributed by atoms with Crippen LogP contribution in [0.1, 0.15) is 89.5 Å². The van der Waals surface area contributed by atoms with E-state index >= 15 is 0 Å². The van der Waals surface area contributed by atoms with Crippen molar-refractivity contribution >= 4 is 17.1 Å². The van der Waals surface area contributed by atoms with Gasteiger partial charge in [-0.2, -0.15) is 0 Å². The number of rotatable bonds is 5. The quantitative estimate of drug-likeness (QED) is 0.400. The van der Waals surface area contributed by atoms with E-state index in [0.717, 1.165) is 30.4 Å². The summed E-state index contributed by atoms with van der Waals surface area (Å²) >= 11 is 0. The Morgan fingerprint density at radius 2 is 1.79 bits per heavy atom. The highest BCUT2D eigenvalue weighted by atomic mass is 16.3. The van der Waals surface area contributed by atoms with Crippen LogP contribution in [-0.4, -0.2) is 16.7 Å². The highest BCUT2D eigenvalue weighted by molar-refractivity contribution is 6.20. The summed E-state index contributed by atoms with van der Waals surface area (Å²) < 4.78 is 0. The Labute approximate surface area is 233 Å². The lowest BCUT2D eigenvalue weighted by atomic mass is 9.43. The predicted octanol–water partition coefficient (Wildman–Crippen LogP) is 8.69. The van der Waals surface area contributed by atoms with Crippen molar-refractivity contribution in [3.63, 3.8) is 0 Å². The van der Waals surface area contributed by atoms with Gasteiger partial charge in [0.15, 0.2) is 11.6 Å². The average Bonchev–Trinajstić information content (AvgIpc) is 2.84. The minimum atomic E-state index is -0.809. The van der Waals surface area contributed by atoms with E-state index in [9.17, 15) is 14.7 Å². The summed E-state index contributed by atoms with van der Waals surface area (Å²) in [6.45, 7) is 19.0. The van der Waals surface area contributed by atoms with Crippen molar-refractivity contribution < 1.29 is 14.7 Å². The van der Waals surface area contributed by atoms with Gasteiger partial charge < -0.3 is 5.11 Å². The maximum Gasteiger partial charge on any atom is 0.170 e. The first-order valence-electron chi connectivity index (χ1n) is 14.4. The standard InChI is InChI=1S/C36H42O3/c1-9-10-12-25-13-11-14-26(17-25)27-16-15-21(2)30-22(3)32-23(4)36(8)33(39)31(24(5)37)29(38)19-35(36,7)20-34(32,6)18-28(27)30/h11,13-17,39H,3,9-10,12,18-20H2,1-2,4-8H3/t34-,35+,36+/m1/s1. The molecule has 3 heteroatoms. The van der Waals surface area contributed by atoms with Crippen LogP contribution in [0.5, 0.6) is 0 Å². The number of hydrogen-bond donors (Lipinski definition) is 1. The third kappa shape index (κ3) is 3.84. The van der Waals surface area contributed by atoms with E-state index in [1.54, 1.807) is 0 Å². The van der Waals surface area contributed by atoms with Gasteiger partial charge >= 0.3 is 0 Å². The summed E-state index contributed by atoms with van der Waals surface area (Å²) in [5, 5.41) is 11.6. The van der Waals surface area contributed by atoms with E-state index in [2.05, 4.69) is 77.6 Å². The van der Waals surface area contributed by atoms with Gasteiger partial charge in [-0.3, -0.25) is 9.59 Å². The monoisotopic (exact) mass is 522 g/mol. The molecule has 3 atom stereocenters. The molecular formula is C36H42O3. The molecule has 0 heterocycles. The fraction of sp³-hybridized carbons (Fsp3) is 0.444. The third-order valence-electron chi connectivity index (χ3n) is 10.4. The highest BCUT2D eigenvalue weighted by Crippen LogP contribution is 2.68. The fourth-order valence-electron chi connectivity index (χ4n) is 8.34. The molecule has 0 aliphatic heterocycles. The lowest BCUT2D eigenvalue weighted by Crippen LogP contribution is -2.54. The summed E-state index contributed by atoms with van der Waals surface area (Å²) in [6, 6.07) is 13.4. The molecule has 2 aromatic carbocycles. The van der Waals surface area contributed by atoms with Crippen molar-refractivity contribution in [1.29, 1.82) is 0 Å². The molecule has 2 aromatic rings. The number of carbonyl (C=O) groups excluding carboxylic acids is 2. The number of Topliss-reactive ketones (excluding diaryl/α,β-unsaturated/α-hetero) is 2. The number of benzene rings is 2. The van der Waals surface area contributed by atoms with Gasteiger partial charge in [0.1, 0.15) is 5.76 Å². The fourth-order valence-corrected chi connectivity index (χ4v) is 8.34. The molecule has 0 fully saturated rings. The van der Waals surface area contributed by atoms with E-state index in [0.29, 0.717) is 0 Å². The third-order valence-corrected chi connectivity index (χ3v) is 10.4. The Morgan fingerprint density at radius 3 is 2.46 bits per heavy atom. The van der Waals surface area contributed by atoms with Crippen molar-refractivity contribution in [2.75, 3.05) is 0 Å². The van der Waals surface area contributed by atoms with Crippen LogP contribution in [0.25, 0.3) is 16.7 Å². The van der Waals surface area contributed by atoms with E-state index in [4.69, 9.17) is 0 Å². The molecule has 5 rings (SSSR count). The largest absolute Gasteiger partial charge is 0.510 e. The lowest BCUT2D eigenvalue weighted by Gasteiger charge is -2.60. The highest BCUT2D eigenvalue weighted by Gasteiger charge is 2.62. The Hall–Kier alpha value is -3.20. The first kappa shape index (κ1) is 27.4. The van der Waals surface area contributed by atoms with E-state index in [1.807, 2.05) is 6.92 Å². The number of aliphatic hydroxyl groups excluding tert-OH is 1. The summed E-state index contributed by atoms with van der Waals surface area (Å²) in [5.74, 6) is -0.662. The molecule has 204 valence electrons. The molecule has 1 N–H and O–H groups in total. The molecule has 0 unspecified atom stereocenters. The molecule has 39 heavy (non-hydrogen) atoms. The van der Waals surface area contributed by atoms with Crippen molar-refractivity contribution in [2.24, 2.45) is 16.2 Å². The second-order valence-corrected chi connectivity index (χ2v) is 13.0. The molecular weight excluding hydrogens is 480 g/mol. The minimum Gasteiger partial charge on any atom is -0.510 e. The van der Waals surface area contributed by atoms with Crippen molar-refractivity contribution in [3.05, 3.63) is 87.7 Å². The van der Waals surface area contributed by atoms with E-state index < -0.39 is 10.8 Å². The van der Waals surface area contributed by atoms with Gasteiger partial charge in [-0.25, -0.2) is 0 Å². The van der Waals surface area contributed by atoms with Crippen LogP contribution in [-0.2, 0) is 22.4 Å². The number of unbranched alkanes of at least 4 members (excludes halogenated alkanes) is 1. The summed E-state index contributed by atoms with van der Waals surface area (Å²) in [5.41, 5.74) is 9.21. The smallest absolute Gasteiger partial charge is 0.170 e. The van der Waals surface area contributed by atoms with Gasteiger partial charge in [-0.1, -0.05) is 75.7 Å². The Balaban J connectivity index is 1.73. The Morgan fingerprint density at radius 1 is 1.08 bits per heavy atom. The number of hydrogen-bond acceptors (Lipinski definition) is 3. The zero-order chi connectivity index (χ0) is 28.5. The van der Waals surface area contributed by atoms with Crippen molar-refractivity contribution in [2.45, 2.75) is 87.0 Å². The van der Waals surface area contributed by atoms with Gasteiger partial charge in [0.2, 0.25) is 0 Å². The summed E-state index contributed by atoms with van der Waals surface area (Å²) in [6.07, 6.45) is 5.26. The van der Waals surface area contributed by atoms with Gasteiger partial charge in [0, 0.05) is 6.42 Å². The Bertz CT molecular complexity index is 1500. The molecule has 3 nitrogen and oxygen atoms in total. The second kappa shape index (κ2) is 9.18. The topological polar surface area (TPSA) is 54.4 Å². The molecule has 0 spiro atoms. The van der Waals surface area contributed by atoms with Crippen molar-refractivity contribution in [3.8, 4) is 11.1 Å².